The van der Waals surface area contributed by atoms with Crippen LogP contribution in [0.4, 0.5) is 5.69 Å². The predicted molar refractivity (Wildman–Crippen MR) is 69.3 cm³/mol. The van der Waals surface area contributed by atoms with Gasteiger partial charge in [-0.3, -0.25) is 0 Å². The number of anilines is 1. The van der Waals surface area contributed by atoms with Gasteiger partial charge in [-0.1, -0.05) is 18.2 Å². The normalized spacial score (nSPS) is 17.9. The number of hydrogen-bond acceptors (Lipinski definition) is 2. The Bertz CT molecular complexity index is 329. The van der Waals surface area contributed by atoms with Crippen LogP contribution in [-0.4, -0.2) is 11.5 Å². The zero-order valence-corrected chi connectivity index (χ0v) is 10.1. The fraction of sp³-hybridized carbons (Fsp3) is 0.538. The number of nitrogen functional groups attached to an aromatic ring is 1. The molecule has 0 aromatic heterocycles. The van der Waals surface area contributed by atoms with E-state index < -0.39 is 0 Å². The molecule has 2 N–H and O–H groups in total. The maximum atomic E-state index is 6.09. The molecule has 1 aliphatic heterocycles. The lowest BCUT2D eigenvalue weighted by Gasteiger charge is -2.22. The van der Waals surface area contributed by atoms with E-state index in [9.17, 15) is 0 Å². The molecular formula is C13H19NS. The van der Waals surface area contributed by atoms with Crippen LogP contribution in [0.2, 0.25) is 0 Å². The molecule has 0 unspecified atom stereocenters. The van der Waals surface area contributed by atoms with Gasteiger partial charge in [-0.2, -0.15) is 11.8 Å². The third-order valence-electron chi connectivity index (χ3n) is 3.26. The molecule has 82 valence electrons. The first kappa shape index (κ1) is 10.9. The SMILES string of the molecule is Cc1cccc(CC2CCSCC2)c1N. The summed E-state index contributed by atoms with van der Waals surface area (Å²) in [5, 5.41) is 0. The van der Waals surface area contributed by atoms with Crippen LogP contribution in [0.1, 0.15) is 24.0 Å². The lowest BCUT2D eigenvalue weighted by Crippen LogP contribution is -2.13. The van der Waals surface area contributed by atoms with Crippen molar-refractivity contribution in [2.24, 2.45) is 5.92 Å². The highest BCUT2D eigenvalue weighted by molar-refractivity contribution is 7.99. The summed E-state index contributed by atoms with van der Waals surface area (Å²) >= 11 is 2.09. The average Bonchev–Trinajstić information content (AvgIpc) is 2.26. The van der Waals surface area contributed by atoms with Crippen molar-refractivity contribution in [3.05, 3.63) is 29.3 Å². The van der Waals surface area contributed by atoms with Crippen LogP contribution in [-0.2, 0) is 6.42 Å². The summed E-state index contributed by atoms with van der Waals surface area (Å²) in [6, 6.07) is 6.40. The van der Waals surface area contributed by atoms with E-state index in [4.69, 9.17) is 5.73 Å². The molecular weight excluding hydrogens is 202 g/mol. The van der Waals surface area contributed by atoms with Crippen molar-refractivity contribution in [3.63, 3.8) is 0 Å². The van der Waals surface area contributed by atoms with Crippen molar-refractivity contribution in [1.29, 1.82) is 0 Å². The summed E-state index contributed by atoms with van der Waals surface area (Å²) in [5.41, 5.74) is 9.68. The summed E-state index contributed by atoms with van der Waals surface area (Å²) in [6.07, 6.45) is 3.89. The summed E-state index contributed by atoms with van der Waals surface area (Å²) in [7, 11) is 0. The molecule has 2 rings (SSSR count). The van der Waals surface area contributed by atoms with Crippen LogP contribution in [0.15, 0.2) is 18.2 Å². The lowest BCUT2D eigenvalue weighted by atomic mass is 9.92. The highest BCUT2D eigenvalue weighted by Crippen LogP contribution is 2.28. The van der Waals surface area contributed by atoms with Gasteiger partial charge in [0.2, 0.25) is 0 Å². The average molecular weight is 221 g/mol. The maximum absolute atomic E-state index is 6.09. The van der Waals surface area contributed by atoms with Gasteiger partial charge in [0.05, 0.1) is 0 Å². The van der Waals surface area contributed by atoms with E-state index >= 15 is 0 Å². The molecule has 0 aliphatic carbocycles. The van der Waals surface area contributed by atoms with Crippen molar-refractivity contribution in [2.75, 3.05) is 17.2 Å². The molecule has 0 bridgehead atoms. The number of benzene rings is 1. The van der Waals surface area contributed by atoms with Crippen LogP contribution < -0.4 is 5.73 Å². The molecule has 1 aromatic carbocycles. The van der Waals surface area contributed by atoms with Gasteiger partial charge < -0.3 is 5.73 Å². The largest absolute Gasteiger partial charge is 0.398 e. The van der Waals surface area contributed by atoms with E-state index in [0.29, 0.717) is 0 Å². The topological polar surface area (TPSA) is 26.0 Å². The zero-order valence-electron chi connectivity index (χ0n) is 9.33. The van der Waals surface area contributed by atoms with Gasteiger partial charge in [-0.25, -0.2) is 0 Å². The first-order valence-corrected chi connectivity index (χ1v) is 6.84. The van der Waals surface area contributed by atoms with Gasteiger partial charge in [-0.05, 0) is 54.7 Å². The number of aryl methyl sites for hydroxylation is 1. The van der Waals surface area contributed by atoms with Gasteiger partial charge in [0.25, 0.3) is 0 Å². The second-order valence-corrected chi connectivity index (χ2v) is 5.63. The summed E-state index contributed by atoms with van der Waals surface area (Å²) in [6.45, 7) is 2.09. The molecule has 1 fully saturated rings. The summed E-state index contributed by atoms with van der Waals surface area (Å²) < 4.78 is 0. The molecule has 1 aromatic rings. The van der Waals surface area contributed by atoms with E-state index in [-0.39, 0.29) is 0 Å². The van der Waals surface area contributed by atoms with Crippen molar-refractivity contribution in [2.45, 2.75) is 26.2 Å². The van der Waals surface area contributed by atoms with E-state index in [1.807, 2.05) is 0 Å². The summed E-state index contributed by atoms with van der Waals surface area (Å²) in [4.78, 5) is 0. The minimum Gasteiger partial charge on any atom is -0.398 e. The van der Waals surface area contributed by atoms with Crippen molar-refractivity contribution < 1.29 is 0 Å². The lowest BCUT2D eigenvalue weighted by molar-refractivity contribution is 0.488. The predicted octanol–water partition coefficient (Wildman–Crippen LogP) is 3.26. The Labute approximate surface area is 96.4 Å². The zero-order chi connectivity index (χ0) is 10.7. The van der Waals surface area contributed by atoms with E-state index in [0.717, 1.165) is 11.6 Å². The molecule has 1 heterocycles. The van der Waals surface area contributed by atoms with Gasteiger partial charge in [0.15, 0.2) is 0 Å². The number of para-hydroxylation sites is 1. The molecule has 1 nitrogen and oxygen atoms in total. The first-order chi connectivity index (χ1) is 7.27. The number of nitrogens with two attached hydrogens (primary N) is 1. The third-order valence-corrected chi connectivity index (χ3v) is 4.31. The number of thioether (sulfide) groups is 1. The Morgan fingerprint density at radius 2 is 2.07 bits per heavy atom. The Kier molecular flexibility index (Phi) is 3.57. The minimum atomic E-state index is 0.857. The molecule has 0 spiro atoms. The second kappa shape index (κ2) is 4.93. The number of rotatable bonds is 2. The van der Waals surface area contributed by atoms with E-state index in [1.165, 1.54) is 41.9 Å². The Balaban J connectivity index is 2.06. The van der Waals surface area contributed by atoms with Crippen molar-refractivity contribution in [1.82, 2.24) is 0 Å². The molecule has 0 atom stereocenters. The number of hydrogen-bond donors (Lipinski definition) is 1. The third kappa shape index (κ3) is 2.69. The van der Waals surface area contributed by atoms with Gasteiger partial charge in [0, 0.05) is 5.69 Å². The van der Waals surface area contributed by atoms with Crippen molar-refractivity contribution >= 4 is 17.4 Å². The fourth-order valence-corrected chi connectivity index (χ4v) is 3.39. The molecule has 1 saturated heterocycles. The Morgan fingerprint density at radius 1 is 1.33 bits per heavy atom. The Morgan fingerprint density at radius 3 is 2.80 bits per heavy atom. The highest BCUT2D eigenvalue weighted by Gasteiger charge is 2.15. The molecule has 15 heavy (non-hydrogen) atoms. The standard InChI is InChI=1S/C13H19NS/c1-10-3-2-4-12(13(10)14)9-11-5-7-15-8-6-11/h2-4,11H,5-9,14H2,1H3. The smallest absolute Gasteiger partial charge is 0.0376 e. The van der Waals surface area contributed by atoms with Crippen LogP contribution in [0, 0.1) is 12.8 Å². The maximum Gasteiger partial charge on any atom is 0.0376 e. The highest BCUT2D eigenvalue weighted by atomic mass is 32.2. The minimum absolute atomic E-state index is 0.857. The fourth-order valence-electron chi connectivity index (χ4n) is 2.18. The quantitative estimate of drug-likeness (QED) is 0.776. The van der Waals surface area contributed by atoms with Crippen LogP contribution in [0.3, 0.4) is 0 Å². The van der Waals surface area contributed by atoms with Crippen LogP contribution in [0.5, 0.6) is 0 Å². The first-order valence-electron chi connectivity index (χ1n) is 5.69. The van der Waals surface area contributed by atoms with Gasteiger partial charge in [-0.15, -0.1) is 0 Å². The Hall–Kier alpha value is -0.630. The molecule has 0 radical (unpaired) electrons. The van der Waals surface area contributed by atoms with Crippen molar-refractivity contribution in [3.8, 4) is 0 Å². The monoisotopic (exact) mass is 221 g/mol. The van der Waals surface area contributed by atoms with Crippen LogP contribution in [0.25, 0.3) is 0 Å². The van der Waals surface area contributed by atoms with Crippen LogP contribution >= 0.6 is 11.8 Å². The second-order valence-electron chi connectivity index (χ2n) is 4.41. The van der Waals surface area contributed by atoms with E-state index in [1.54, 1.807) is 0 Å². The molecule has 0 amide bonds. The molecule has 0 saturated carbocycles. The van der Waals surface area contributed by atoms with E-state index in [2.05, 4.69) is 36.9 Å². The molecule has 1 aliphatic rings. The molecule has 2 heteroatoms. The summed E-state index contributed by atoms with van der Waals surface area (Å²) in [5.74, 6) is 3.52. The van der Waals surface area contributed by atoms with Gasteiger partial charge >= 0.3 is 0 Å². The van der Waals surface area contributed by atoms with Gasteiger partial charge in [0.1, 0.15) is 0 Å².